The Bertz CT molecular complexity index is 1770. The summed E-state index contributed by atoms with van der Waals surface area (Å²) in [7, 11) is -2.22. The highest BCUT2D eigenvalue weighted by atomic mass is 35.5. The summed E-state index contributed by atoms with van der Waals surface area (Å²) >= 11 is 6.24. The molecule has 0 aliphatic carbocycles. The summed E-state index contributed by atoms with van der Waals surface area (Å²) in [6.07, 6.45) is -0.0521. The van der Waals surface area contributed by atoms with Gasteiger partial charge in [0.1, 0.15) is 5.69 Å². The number of halogens is 1. The van der Waals surface area contributed by atoms with Crippen LogP contribution in [0.4, 0.5) is 0 Å². The van der Waals surface area contributed by atoms with Crippen LogP contribution in [-0.2, 0) is 35.5 Å². The van der Waals surface area contributed by atoms with Crippen molar-refractivity contribution in [3.05, 3.63) is 105 Å². The number of aromatic nitrogens is 1. The first-order chi connectivity index (χ1) is 18.6. The molecular weight excluding hydrogens is 548 g/mol. The van der Waals surface area contributed by atoms with Crippen molar-refractivity contribution in [2.75, 3.05) is 14.2 Å². The van der Waals surface area contributed by atoms with E-state index in [0.29, 0.717) is 27.2 Å². The zero-order chi connectivity index (χ0) is 28.3. The minimum atomic E-state index is -4.37. The van der Waals surface area contributed by atoms with Crippen LogP contribution >= 0.6 is 11.6 Å². The van der Waals surface area contributed by atoms with Gasteiger partial charge in [0.15, 0.2) is 5.43 Å². The molecule has 0 radical (unpaired) electrons. The van der Waals surface area contributed by atoms with E-state index in [2.05, 4.69) is 4.74 Å². The minimum Gasteiger partial charge on any atom is -0.464 e. The van der Waals surface area contributed by atoms with Crippen LogP contribution in [0.3, 0.4) is 0 Å². The topological polar surface area (TPSA) is 138 Å². The first kappa shape index (κ1) is 27.6. The molecule has 200 valence electrons. The number of para-hydroxylation sites is 1. The van der Waals surface area contributed by atoms with Crippen LogP contribution in [0.1, 0.15) is 21.6 Å². The number of nitrogens with one attached hydrogen (secondary N) is 1. The van der Waals surface area contributed by atoms with E-state index in [1.165, 1.54) is 31.4 Å². The Kier molecular flexibility index (Phi) is 7.84. The number of carbonyl (C=O) groups excluding carboxylic acids is 3. The Morgan fingerprint density at radius 2 is 1.59 bits per heavy atom. The third kappa shape index (κ3) is 5.54. The highest BCUT2D eigenvalue weighted by Crippen LogP contribution is 2.26. The monoisotopic (exact) mass is 568 g/mol. The number of hydrogen-bond acceptors (Lipinski definition) is 8. The number of benzene rings is 3. The molecule has 0 bridgehead atoms. The molecule has 1 N–H and O–H groups in total. The van der Waals surface area contributed by atoms with Crippen molar-refractivity contribution in [3.8, 4) is 5.69 Å². The van der Waals surface area contributed by atoms with Gasteiger partial charge in [-0.15, -0.1) is 0 Å². The summed E-state index contributed by atoms with van der Waals surface area (Å²) in [5, 5.41) is 0.682. The van der Waals surface area contributed by atoms with Crippen molar-refractivity contribution >= 4 is 50.4 Å². The molecule has 1 amide bonds. The number of methoxy groups -OCH3 is 2. The van der Waals surface area contributed by atoms with Gasteiger partial charge in [0.25, 0.3) is 10.0 Å². The van der Waals surface area contributed by atoms with Crippen LogP contribution in [0.2, 0.25) is 5.02 Å². The summed E-state index contributed by atoms with van der Waals surface area (Å²) in [4.78, 5) is 49.4. The molecule has 0 atom stereocenters. The average molecular weight is 569 g/mol. The quantitative estimate of drug-likeness (QED) is 0.277. The van der Waals surface area contributed by atoms with Crippen molar-refractivity contribution in [2.45, 2.75) is 11.3 Å². The molecule has 12 heteroatoms. The highest BCUT2D eigenvalue weighted by Gasteiger charge is 2.26. The average Bonchev–Trinajstić information content (AvgIpc) is 2.93. The molecule has 1 aromatic heterocycles. The Morgan fingerprint density at radius 3 is 2.21 bits per heavy atom. The molecule has 0 unspecified atom stereocenters. The lowest BCUT2D eigenvalue weighted by Gasteiger charge is -2.19. The summed E-state index contributed by atoms with van der Waals surface area (Å²) < 4.78 is 37.4. The van der Waals surface area contributed by atoms with Crippen molar-refractivity contribution < 1.29 is 32.3 Å². The molecule has 0 saturated carbocycles. The number of pyridine rings is 1. The summed E-state index contributed by atoms with van der Waals surface area (Å²) in [5.74, 6) is -3.56. The summed E-state index contributed by atoms with van der Waals surface area (Å²) in [6.45, 7) is 0. The fourth-order valence-electron chi connectivity index (χ4n) is 4.03. The van der Waals surface area contributed by atoms with Crippen LogP contribution in [0, 0.1) is 0 Å². The number of amides is 1. The molecule has 1 heterocycles. The lowest BCUT2D eigenvalue weighted by molar-refractivity contribution is -0.151. The van der Waals surface area contributed by atoms with E-state index in [1.807, 2.05) is 6.07 Å². The smallest absolute Gasteiger partial charge is 0.397 e. The van der Waals surface area contributed by atoms with Crippen LogP contribution in [0.25, 0.3) is 16.6 Å². The molecule has 0 aliphatic rings. The Balaban J connectivity index is 1.85. The van der Waals surface area contributed by atoms with Crippen LogP contribution in [0.5, 0.6) is 0 Å². The summed E-state index contributed by atoms with van der Waals surface area (Å²) in [6, 6.07) is 18.9. The maximum atomic E-state index is 13.7. The normalized spacial score (nSPS) is 11.2. The molecule has 0 fully saturated rings. The number of hydrogen-bond donors (Lipinski definition) is 1. The molecule has 4 aromatic rings. The van der Waals surface area contributed by atoms with E-state index in [4.69, 9.17) is 16.3 Å². The van der Waals surface area contributed by atoms with E-state index in [-0.39, 0.29) is 22.6 Å². The SMILES string of the molecule is COC(=O)C(=O)NS(=O)(=O)c1ccc(Cc2c(C(=O)OC)n(-c3ccccc3)c3cc(Cl)ccc3c2=O)cc1. The van der Waals surface area contributed by atoms with E-state index < -0.39 is 33.3 Å². The second-order valence-corrected chi connectivity index (χ2v) is 10.3. The predicted octanol–water partition coefficient (Wildman–Crippen LogP) is 3.00. The standard InChI is InChI=1S/C27H21ClN2O8S/c1-37-26(33)23-21(14-16-8-11-19(12-9-16)39(35,36)29-25(32)27(34)38-2)24(31)20-13-10-17(28)15-22(20)30(23)18-6-4-3-5-7-18/h3-13,15H,14H2,1-2H3,(H,29,32). The third-order valence-corrected chi connectivity index (χ3v) is 7.42. The van der Waals surface area contributed by atoms with Gasteiger partial charge < -0.3 is 14.0 Å². The van der Waals surface area contributed by atoms with Crippen molar-refractivity contribution in [2.24, 2.45) is 0 Å². The van der Waals surface area contributed by atoms with Crippen LogP contribution in [0.15, 0.2) is 82.5 Å². The van der Waals surface area contributed by atoms with Gasteiger partial charge in [-0.05, 0) is 48.0 Å². The number of nitrogens with zero attached hydrogens (tertiary/aromatic N) is 1. The van der Waals surface area contributed by atoms with Crippen LogP contribution in [-0.4, -0.2) is 45.1 Å². The number of esters is 2. The molecular formula is C27H21ClN2O8S. The maximum absolute atomic E-state index is 13.7. The highest BCUT2D eigenvalue weighted by molar-refractivity contribution is 7.90. The fraction of sp³-hybridized carbons (Fsp3) is 0.111. The number of sulfonamides is 1. The fourth-order valence-corrected chi connectivity index (χ4v) is 5.14. The second-order valence-electron chi connectivity index (χ2n) is 8.23. The zero-order valence-electron chi connectivity index (χ0n) is 20.6. The van der Waals surface area contributed by atoms with Gasteiger partial charge in [-0.2, -0.15) is 0 Å². The van der Waals surface area contributed by atoms with Gasteiger partial charge in [0.2, 0.25) is 0 Å². The number of carbonyl (C=O) groups is 3. The largest absolute Gasteiger partial charge is 0.464 e. The van der Waals surface area contributed by atoms with E-state index in [1.54, 1.807) is 51.8 Å². The van der Waals surface area contributed by atoms with Crippen LogP contribution < -0.4 is 10.2 Å². The zero-order valence-corrected chi connectivity index (χ0v) is 22.2. The molecule has 39 heavy (non-hydrogen) atoms. The van der Waals surface area contributed by atoms with Gasteiger partial charge in [-0.3, -0.25) is 9.59 Å². The van der Waals surface area contributed by atoms with E-state index in [9.17, 15) is 27.6 Å². The number of ether oxygens (including phenoxy) is 2. The molecule has 3 aromatic carbocycles. The molecule has 4 rings (SSSR count). The van der Waals surface area contributed by atoms with E-state index in [0.717, 1.165) is 7.11 Å². The second kappa shape index (κ2) is 11.1. The van der Waals surface area contributed by atoms with Crippen molar-refractivity contribution in [3.63, 3.8) is 0 Å². The van der Waals surface area contributed by atoms with Gasteiger partial charge in [0, 0.05) is 28.1 Å². The first-order valence-corrected chi connectivity index (χ1v) is 13.2. The minimum absolute atomic E-state index is 0.00879. The van der Waals surface area contributed by atoms with E-state index >= 15 is 0 Å². The van der Waals surface area contributed by atoms with Crippen molar-refractivity contribution in [1.29, 1.82) is 0 Å². The number of rotatable bonds is 6. The predicted molar refractivity (Wildman–Crippen MR) is 142 cm³/mol. The van der Waals surface area contributed by atoms with Gasteiger partial charge >= 0.3 is 17.8 Å². The Labute approximate surface area is 227 Å². The summed E-state index contributed by atoms with van der Waals surface area (Å²) in [5.41, 5.74) is 1.18. The third-order valence-electron chi connectivity index (χ3n) is 5.83. The molecule has 0 saturated heterocycles. The Hall–Kier alpha value is -4.48. The molecule has 10 nitrogen and oxygen atoms in total. The lowest BCUT2D eigenvalue weighted by atomic mass is 9.99. The van der Waals surface area contributed by atoms with Gasteiger partial charge in [-0.1, -0.05) is 41.9 Å². The lowest BCUT2D eigenvalue weighted by Crippen LogP contribution is -2.36. The van der Waals surface area contributed by atoms with Gasteiger partial charge in [-0.25, -0.2) is 22.7 Å². The number of fused-ring (bicyclic) bond motifs is 1. The Morgan fingerprint density at radius 1 is 0.923 bits per heavy atom. The van der Waals surface area contributed by atoms with Gasteiger partial charge in [0.05, 0.1) is 24.6 Å². The maximum Gasteiger partial charge on any atom is 0.397 e. The molecule has 0 aliphatic heterocycles. The first-order valence-electron chi connectivity index (χ1n) is 11.3. The molecule has 0 spiro atoms. The van der Waals surface area contributed by atoms with Crippen molar-refractivity contribution in [1.82, 2.24) is 9.29 Å².